The Balaban J connectivity index is 1.70. The van der Waals surface area contributed by atoms with Gasteiger partial charge in [0.15, 0.2) is 0 Å². The second-order valence-corrected chi connectivity index (χ2v) is 5.92. The number of fused-ring (bicyclic) bond motifs is 1. The van der Waals surface area contributed by atoms with E-state index >= 15 is 0 Å². The molecule has 1 unspecified atom stereocenters. The zero-order valence-electron chi connectivity index (χ0n) is 11.9. The van der Waals surface area contributed by atoms with E-state index in [1.54, 1.807) is 0 Å². The molecule has 2 N–H and O–H groups in total. The molecule has 4 nitrogen and oxygen atoms in total. The number of benzene rings is 1. The molecule has 1 saturated carbocycles. The third-order valence-corrected chi connectivity index (χ3v) is 4.63. The molecule has 108 valence electrons. The standard InChI is InChI=1S/C16H22N2O2/c1-18(12-8-6-11(17)7-9-12)16(19)14-10-20-15-5-3-2-4-13(14)15/h2-5,11-12,14H,6-10,17H2,1H3. The van der Waals surface area contributed by atoms with Gasteiger partial charge in [-0.15, -0.1) is 0 Å². The van der Waals surface area contributed by atoms with Crippen molar-refractivity contribution in [1.82, 2.24) is 4.90 Å². The Bertz CT molecular complexity index is 495. The molecular weight excluding hydrogens is 252 g/mol. The minimum atomic E-state index is -0.146. The summed E-state index contributed by atoms with van der Waals surface area (Å²) in [5, 5.41) is 0. The van der Waals surface area contributed by atoms with Gasteiger partial charge in [0, 0.05) is 24.7 Å². The maximum Gasteiger partial charge on any atom is 0.233 e. The van der Waals surface area contributed by atoms with Gasteiger partial charge in [-0.3, -0.25) is 4.79 Å². The predicted molar refractivity (Wildman–Crippen MR) is 77.7 cm³/mol. The lowest BCUT2D eigenvalue weighted by Gasteiger charge is -2.34. The van der Waals surface area contributed by atoms with Gasteiger partial charge < -0.3 is 15.4 Å². The smallest absolute Gasteiger partial charge is 0.233 e. The number of carbonyl (C=O) groups is 1. The summed E-state index contributed by atoms with van der Waals surface area (Å²) < 4.78 is 5.62. The maximum absolute atomic E-state index is 12.7. The molecule has 3 rings (SSSR count). The summed E-state index contributed by atoms with van der Waals surface area (Å²) in [7, 11) is 1.92. The van der Waals surface area contributed by atoms with E-state index < -0.39 is 0 Å². The Morgan fingerprint density at radius 1 is 1.25 bits per heavy atom. The van der Waals surface area contributed by atoms with Crippen molar-refractivity contribution in [3.05, 3.63) is 29.8 Å². The number of para-hydroxylation sites is 1. The average molecular weight is 274 g/mol. The Kier molecular flexibility index (Phi) is 3.66. The zero-order valence-corrected chi connectivity index (χ0v) is 11.9. The second-order valence-electron chi connectivity index (χ2n) is 5.92. The van der Waals surface area contributed by atoms with Crippen LogP contribution >= 0.6 is 0 Å². The number of nitrogens with two attached hydrogens (primary N) is 1. The predicted octanol–water partition coefficient (Wildman–Crippen LogP) is 1.89. The first-order chi connectivity index (χ1) is 9.66. The van der Waals surface area contributed by atoms with Crippen LogP contribution in [0, 0.1) is 0 Å². The normalized spacial score (nSPS) is 28.6. The molecule has 1 aromatic rings. The van der Waals surface area contributed by atoms with E-state index in [1.807, 2.05) is 36.2 Å². The number of likely N-dealkylation sites (N-methyl/N-ethyl adjacent to an activating group) is 1. The summed E-state index contributed by atoms with van der Waals surface area (Å²) in [5.41, 5.74) is 6.96. The number of carbonyl (C=O) groups excluding carboxylic acids is 1. The van der Waals surface area contributed by atoms with Gasteiger partial charge in [-0.25, -0.2) is 0 Å². The second kappa shape index (κ2) is 5.44. The van der Waals surface area contributed by atoms with Crippen molar-refractivity contribution in [1.29, 1.82) is 0 Å². The van der Waals surface area contributed by atoms with Crippen LogP contribution in [0.1, 0.15) is 37.2 Å². The minimum Gasteiger partial charge on any atom is -0.492 e. The third-order valence-electron chi connectivity index (χ3n) is 4.63. The lowest BCUT2D eigenvalue weighted by Crippen LogP contribution is -2.44. The summed E-state index contributed by atoms with van der Waals surface area (Å²) in [5.74, 6) is 0.882. The molecule has 1 heterocycles. The number of amides is 1. The van der Waals surface area contributed by atoms with Gasteiger partial charge in [0.05, 0.1) is 0 Å². The molecular formula is C16H22N2O2. The largest absolute Gasteiger partial charge is 0.492 e. The highest BCUT2D eigenvalue weighted by Crippen LogP contribution is 2.35. The van der Waals surface area contributed by atoms with Crippen LogP contribution in [0.25, 0.3) is 0 Å². The van der Waals surface area contributed by atoms with Crippen molar-refractivity contribution in [3.63, 3.8) is 0 Å². The van der Waals surface area contributed by atoms with E-state index in [-0.39, 0.29) is 11.8 Å². The van der Waals surface area contributed by atoms with Gasteiger partial charge in [-0.2, -0.15) is 0 Å². The highest BCUT2D eigenvalue weighted by Gasteiger charge is 2.35. The first-order valence-electron chi connectivity index (χ1n) is 7.41. The number of ether oxygens (including phenoxy) is 1. The minimum absolute atomic E-state index is 0.146. The van der Waals surface area contributed by atoms with E-state index in [9.17, 15) is 4.79 Å². The average Bonchev–Trinajstić information content (AvgIpc) is 2.90. The van der Waals surface area contributed by atoms with Crippen LogP contribution < -0.4 is 10.5 Å². The van der Waals surface area contributed by atoms with E-state index in [1.165, 1.54) is 0 Å². The van der Waals surface area contributed by atoms with Crippen molar-refractivity contribution in [3.8, 4) is 5.75 Å². The summed E-state index contributed by atoms with van der Waals surface area (Å²) >= 11 is 0. The first-order valence-corrected chi connectivity index (χ1v) is 7.41. The van der Waals surface area contributed by atoms with Crippen molar-refractivity contribution in [2.24, 2.45) is 5.73 Å². The molecule has 1 atom stereocenters. The molecule has 1 aliphatic heterocycles. The van der Waals surface area contributed by atoms with Crippen molar-refractivity contribution in [2.45, 2.75) is 43.7 Å². The summed E-state index contributed by atoms with van der Waals surface area (Å²) in [6.07, 6.45) is 4.05. The molecule has 1 amide bonds. The van der Waals surface area contributed by atoms with Gasteiger partial charge in [-0.1, -0.05) is 18.2 Å². The highest BCUT2D eigenvalue weighted by atomic mass is 16.5. The molecule has 2 aliphatic rings. The number of rotatable bonds is 2. The van der Waals surface area contributed by atoms with E-state index in [2.05, 4.69) is 0 Å². The Morgan fingerprint density at radius 3 is 2.70 bits per heavy atom. The lowest BCUT2D eigenvalue weighted by molar-refractivity contribution is -0.134. The van der Waals surface area contributed by atoms with Crippen LogP contribution in [-0.4, -0.2) is 36.5 Å². The third kappa shape index (κ3) is 2.40. The van der Waals surface area contributed by atoms with E-state index in [0.717, 1.165) is 37.0 Å². The van der Waals surface area contributed by atoms with Gasteiger partial charge in [0.25, 0.3) is 0 Å². The van der Waals surface area contributed by atoms with Crippen LogP contribution in [0.5, 0.6) is 5.75 Å². The molecule has 20 heavy (non-hydrogen) atoms. The highest BCUT2D eigenvalue weighted by molar-refractivity contribution is 5.85. The van der Waals surface area contributed by atoms with Crippen molar-refractivity contribution in [2.75, 3.05) is 13.7 Å². The van der Waals surface area contributed by atoms with Gasteiger partial charge >= 0.3 is 0 Å². The van der Waals surface area contributed by atoms with Gasteiger partial charge in [0.2, 0.25) is 5.91 Å². The number of nitrogens with zero attached hydrogens (tertiary/aromatic N) is 1. The van der Waals surface area contributed by atoms with Crippen molar-refractivity contribution >= 4 is 5.91 Å². The molecule has 0 saturated heterocycles. The van der Waals surface area contributed by atoms with E-state index in [0.29, 0.717) is 18.7 Å². The molecule has 1 aliphatic carbocycles. The topological polar surface area (TPSA) is 55.6 Å². The lowest BCUT2D eigenvalue weighted by atomic mass is 9.90. The summed E-state index contributed by atoms with van der Waals surface area (Å²) in [6, 6.07) is 8.48. The fourth-order valence-electron chi connectivity index (χ4n) is 3.28. The monoisotopic (exact) mass is 274 g/mol. The quantitative estimate of drug-likeness (QED) is 0.896. The van der Waals surface area contributed by atoms with E-state index in [4.69, 9.17) is 10.5 Å². The maximum atomic E-state index is 12.7. The molecule has 0 radical (unpaired) electrons. The first kappa shape index (κ1) is 13.4. The molecule has 0 bridgehead atoms. The Morgan fingerprint density at radius 2 is 1.95 bits per heavy atom. The molecule has 1 fully saturated rings. The van der Waals surface area contributed by atoms with Crippen molar-refractivity contribution < 1.29 is 9.53 Å². The molecule has 0 spiro atoms. The zero-order chi connectivity index (χ0) is 14.1. The van der Waals surface area contributed by atoms with Crippen LogP contribution in [0.4, 0.5) is 0 Å². The summed E-state index contributed by atoms with van der Waals surface area (Å²) in [6.45, 7) is 0.467. The Labute approximate surface area is 119 Å². The fraction of sp³-hybridized carbons (Fsp3) is 0.562. The van der Waals surface area contributed by atoms with Gasteiger partial charge in [-0.05, 0) is 31.7 Å². The van der Waals surface area contributed by atoms with Crippen LogP contribution in [-0.2, 0) is 4.79 Å². The van der Waals surface area contributed by atoms with Crippen LogP contribution in [0.3, 0.4) is 0 Å². The number of hydrogen-bond donors (Lipinski definition) is 1. The van der Waals surface area contributed by atoms with Crippen LogP contribution in [0.15, 0.2) is 24.3 Å². The molecule has 1 aromatic carbocycles. The SMILES string of the molecule is CN(C(=O)C1COc2ccccc21)C1CCC(N)CC1. The fourth-order valence-corrected chi connectivity index (χ4v) is 3.28. The molecule has 0 aromatic heterocycles. The summed E-state index contributed by atoms with van der Waals surface area (Å²) in [4.78, 5) is 14.6. The number of hydrogen-bond acceptors (Lipinski definition) is 3. The van der Waals surface area contributed by atoms with Crippen LogP contribution in [0.2, 0.25) is 0 Å². The van der Waals surface area contributed by atoms with Gasteiger partial charge in [0.1, 0.15) is 18.3 Å². The molecule has 4 heteroatoms. The Hall–Kier alpha value is -1.55.